The van der Waals surface area contributed by atoms with Gasteiger partial charge in [0.2, 0.25) is 0 Å². The molecule has 8 nitrogen and oxygen atoms in total. The van der Waals surface area contributed by atoms with E-state index in [1.54, 1.807) is 0 Å². The van der Waals surface area contributed by atoms with Crippen molar-refractivity contribution < 1.29 is 37.3 Å². The fourth-order valence-corrected chi connectivity index (χ4v) is 7.65. The van der Waals surface area contributed by atoms with Crippen LogP contribution in [0.1, 0.15) is 226 Å². The average molecular weight is 842 g/mol. The van der Waals surface area contributed by atoms with Crippen LogP contribution in [0.2, 0.25) is 0 Å². The van der Waals surface area contributed by atoms with E-state index in [1.807, 2.05) is 21.1 Å². The highest BCUT2D eigenvalue weighted by molar-refractivity contribution is 7.45. The molecule has 0 aromatic rings. The Bertz CT molecular complexity index is 983. The Kier molecular flexibility index (Phi) is 41.9. The summed E-state index contributed by atoms with van der Waals surface area (Å²) in [6, 6.07) is 0. The number of hydrogen-bond acceptors (Lipinski definition) is 7. The second kappa shape index (κ2) is 42.7. The van der Waals surface area contributed by atoms with Gasteiger partial charge in [-0.1, -0.05) is 205 Å². The molecule has 2 unspecified atom stereocenters. The third-order valence-corrected chi connectivity index (χ3v) is 11.7. The summed E-state index contributed by atoms with van der Waals surface area (Å²) >= 11 is 0. The number of esters is 1. The number of carbonyl (C=O) groups excluding carboxylic acids is 1. The van der Waals surface area contributed by atoms with Crippen molar-refractivity contribution in [2.24, 2.45) is 0 Å². The summed E-state index contributed by atoms with van der Waals surface area (Å²) in [5, 5.41) is 0. The van der Waals surface area contributed by atoms with Crippen LogP contribution in [0, 0.1) is 0 Å². The topological polar surface area (TPSA) is 94.1 Å². The number of carbonyl (C=O) groups is 1. The summed E-state index contributed by atoms with van der Waals surface area (Å²) in [5.41, 5.74) is 0. The molecule has 0 aliphatic carbocycles. The van der Waals surface area contributed by atoms with Crippen LogP contribution in [0.3, 0.4) is 0 Å². The molecule has 0 heterocycles. The standard InChI is InChI=1S/C49H96NO7P/c1-6-8-10-12-14-16-18-20-22-23-24-25-26-27-28-30-32-34-36-38-40-42-49(51)57-48(47-56-58(52,53)55-45-43-50(3,4)5)46-54-44-41-39-37-35-33-31-29-21-19-17-15-13-11-9-7-2/h13,15,19,21,48H,6-12,14,16-18,20,22-47H2,1-5H3/b15-13-,21-19-. The van der Waals surface area contributed by atoms with Crippen molar-refractivity contribution in [3.8, 4) is 0 Å². The van der Waals surface area contributed by atoms with E-state index in [0.29, 0.717) is 24.1 Å². The molecule has 9 heteroatoms. The lowest BCUT2D eigenvalue weighted by atomic mass is 10.0. The molecule has 0 saturated carbocycles. The first-order valence-electron chi connectivity index (χ1n) is 24.6. The molecule has 344 valence electrons. The first-order valence-corrected chi connectivity index (χ1v) is 26.0. The molecular formula is C49H96NO7P. The SMILES string of the molecule is CCCC/C=C\C/C=C\CCCCCCCCOCC(COP(=O)([O-])OCC[N+](C)(C)C)OC(=O)CCCCCCCCCCCCCCCCCCCCCCC. The van der Waals surface area contributed by atoms with Gasteiger partial charge >= 0.3 is 5.97 Å². The van der Waals surface area contributed by atoms with Crippen molar-refractivity contribution in [1.29, 1.82) is 0 Å². The van der Waals surface area contributed by atoms with Crippen LogP contribution < -0.4 is 4.89 Å². The number of likely N-dealkylation sites (N-methyl/N-ethyl adjacent to an activating group) is 1. The molecule has 0 aromatic heterocycles. The van der Waals surface area contributed by atoms with Crippen molar-refractivity contribution >= 4 is 13.8 Å². The van der Waals surface area contributed by atoms with Gasteiger partial charge < -0.3 is 27.9 Å². The summed E-state index contributed by atoms with van der Waals surface area (Å²) < 4.78 is 34.7. The highest BCUT2D eigenvalue weighted by atomic mass is 31.2. The Balaban J connectivity index is 4.12. The number of allylic oxidation sites excluding steroid dienone is 4. The van der Waals surface area contributed by atoms with Crippen molar-refractivity contribution in [3.63, 3.8) is 0 Å². The molecule has 0 fully saturated rings. The van der Waals surface area contributed by atoms with E-state index in [9.17, 15) is 14.3 Å². The zero-order chi connectivity index (χ0) is 42.7. The Morgan fingerprint density at radius 2 is 0.966 bits per heavy atom. The zero-order valence-electron chi connectivity index (χ0n) is 39.0. The fourth-order valence-electron chi connectivity index (χ4n) is 6.92. The predicted octanol–water partition coefficient (Wildman–Crippen LogP) is 14.1. The lowest BCUT2D eigenvalue weighted by molar-refractivity contribution is -0.870. The maximum atomic E-state index is 12.7. The summed E-state index contributed by atoms with van der Waals surface area (Å²) in [5.74, 6) is -0.333. The minimum Gasteiger partial charge on any atom is -0.756 e. The molecule has 0 rings (SSSR count). The summed E-state index contributed by atoms with van der Waals surface area (Å²) in [4.78, 5) is 25.1. The van der Waals surface area contributed by atoms with Crippen molar-refractivity contribution in [3.05, 3.63) is 24.3 Å². The van der Waals surface area contributed by atoms with Gasteiger partial charge in [0.1, 0.15) is 19.3 Å². The van der Waals surface area contributed by atoms with E-state index >= 15 is 0 Å². The van der Waals surface area contributed by atoms with Crippen molar-refractivity contribution in [2.45, 2.75) is 232 Å². The van der Waals surface area contributed by atoms with Crippen molar-refractivity contribution in [2.75, 3.05) is 54.1 Å². The van der Waals surface area contributed by atoms with Crippen LogP contribution in [-0.4, -0.2) is 70.7 Å². The lowest BCUT2D eigenvalue weighted by Crippen LogP contribution is -2.37. The molecule has 0 aromatic carbocycles. The average Bonchev–Trinajstić information content (AvgIpc) is 3.18. The van der Waals surface area contributed by atoms with Gasteiger partial charge in [-0.15, -0.1) is 0 Å². The Labute approximate surface area is 360 Å². The smallest absolute Gasteiger partial charge is 0.306 e. The first-order chi connectivity index (χ1) is 28.1. The minimum absolute atomic E-state index is 0.0260. The van der Waals surface area contributed by atoms with Gasteiger partial charge in [0.05, 0.1) is 34.4 Å². The van der Waals surface area contributed by atoms with E-state index < -0.39 is 13.9 Å². The number of nitrogens with zero attached hydrogens (tertiary/aromatic N) is 1. The maximum Gasteiger partial charge on any atom is 0.306 e. The van der Waals surface area contributed by atoms with Gasteiger partial charge in [0, 0.05) is 13.0 Å². The van der Waals surface area contributed by atoms with E-state index in [-0.39, 0.29) is 25.8 Å². The third kappa shape index (κ3) is 46.1. The van der Waals surface area contributed by atoms with Crippen molar-refractivity contribution in [1.82, 2.24) is 0 Å². The van der Waals surface area contributed by atoms with E-state index in [1.165, 1.54) is 154 Å². The monoisotopic (exact) mass is 842 g/mol. The van der Waals surface area contributed by atoms with Crippen LogP contribution in [0.4, 0.5) is 0 Å². The summed E-state index contributed by atoms with van der Waals surface area (Å²) in [6.45, 7) is 5.39. The minimum atomic E-state index is -4.53. The number of phosphoric ester groups is 1. The maximum absolute atomic E-state index is 12.7. The number of unbranched alkanes of at least 4 members (excludes halogenated alkanes) is 28. The molecule has 0 bridgehead atoms. The molecule has 0 aliphatic rings. The van der Waals surface area contributed by atoms with Gasteiger partial charge in [-0.2, -0.15) is 0 Å². The number of quaternary nitrogens is 1. The number of rotatable bonds is 46. The molecule has 58 heavy (non-hydrogen) atoms. The Hall–Kier alpha value is -1.02. The molecule has 0 spiro atoms. The molecular weight excluding hydrogens is 746 g/mol. The van der Waals surface area contributed by atoms with Crippen LogP contribution >= 0.6 is 7.82 Å². The predicted molar refractivity (Wildman–Crippen MR) is 245 cm³/mol. The molecule has 0 aliphatic heterocycles. The largest absolute Gasteiger partial charge is 0.756 e. The zero-order valence-corrected chi connectivity index (χ0v) is 39.9. The van der Waals surface area contributed by atoms with E-state index in [2.05, 4.69) is 38.2 Å². The van der Waals surface area contributed by atoms with Gasteiger partial charge in [-0.3, -0.25) is 9.36 Å². The number of hydrogen-bond donors (Lipinski definition) is 0. The Morgan fingerprint density at radius 1 is 0.534 bits per heavy atom. The number of ether oxygens (including phenoxy) is 2. The summed E-state index contributed by atoms with van der Waals surface area (Å²) in [7, 11) is 1.36. The van der Waals surface area contributed by atoms with Gasteiger partial charge in [0.25, 0.3) is 7.82 Å². The van der Waals surface area contributed by atoms with Gasteiger partial charge in [-0.25, -0.2) is 0 Å². The van der Waals surface area contributed by atoms with Crippen LogP contribution in [0.5, 0.6) is 0 Å². The first kappa shape index (κ1) is 57.0. The molecule has 0 N–H and O–H groups in total. The van der Waals surface area contributed by atoms with Crippen LogP contribution in [0.25, 0.3) is 0 Å². The molecule has 2 atom stereocenters. The Morgan fingerprint density at radius 3 is 1.45 bits per heavy atom. The molecule has 0 amide bonds. The van der Waals surface area contributed by atoms with Gasteiger partial charge in [-0.05, 0) is 38.5 Å². The number of phosphoric acid groups is 1. The normalized spacial score (nSPS) is 13.8. The fraction of sp³-hybridized carbons (Fsp3) is 0.898. The van der Waals surface area contributed by atoms with Gasteiger partial charge in [0.15, 0.2) is 0 Å². The summed E-state index contributed by atoms with van der Waals surface area (Å²) in [6.07, 6.45) is 49.1. The van der Waals surface area contributed by atoms with E-state index in [4.69, 9.17) is 18.5 Å². The third-order valence-electron chi connectivity index (χ3n) is 10.8. The highest BCUT2D eigenvalue weighted by Crippen LogP contribution is 2.38. The second-order valence-corrected chi connectivity index (χ2v) is 19.2. The highest BCUT2D eigenvalue weighted by Gasteiger charge is 2.20. The van der Waals surface area contributed by atoms with Crippen LogP contribution in [0.15, 0.2) is 24.3 Å². The van der Waals surface area contributed by atoms with Crippen LogP contribution in [-0.2, 0) is 27.9 Å². The second-order valence-electron chi connectivity index (χ2n) is 17.8. The molecule has 0 radical (unpaired) electrons. The lowest BCUT2D eigenvalue weighted by Gasteiger charge is -2.28. The quantitative estimate of drug-likeness (QED) is 0.0198. The van der Waals surface area contributed by atoms with E-state index in [0.717, 1.165) is 51.4 Å². The molecule has 0 saturated heterocycles.